The molecule has 4 amide bonds. The minimum Gasteiger partial charge on any atom is -0.382 e. The number of anilines is 1. The molecule has 1 saturated heterocycles. The predicted molar refractivity (Wildman–Crippen MR) is 139 cm³/mol. The Bertz CT molecular complexity index is 1310. The number of hydrogen-bond donors (Lipinski definition) is 3. The van der Waals surface area contributed by atoms with Crippen LogP contribution in [0.25, 0.3) is 0 Å². The van der Waals surface area contributed by atoms with Crippen LogP contribution in [0.2, 0.25) is 0 Å². The van der Waals surface area contributed by atoms with E-state index in [0.29, 0.717) is 5.56 Å². The van der Waals surface area contributed by atoms with Crippen LogP contribution < -0.4 is 16.0 Å². The number of alkyl halides is 5. The molecule has 2 fully saturated rings. The summed E-state index contributed by atoms with van der Waals surface area (Å²) in [5, 5.41) is 14.4. The first-order valence-electron chi connectivity index (χ1n) is 13.6. The van der Waals surface area contributed by atoms with E-state index >= 15 is 0 Å². The van der Waals surface area contributed by atoms with Crippen LogP contribution in [0.3, 0.4) is 0 Å². The Labute approximate surface area is 243 Å². The zero-order valence-corrected chi connectivity index (χ0v) is 23.6. The van der Waals surface area contributed by atoms with Crippen molar-refractivity contribution in [3.05, 3.63) is 35.3 Å². The first kappa shape index (κ1) is 32.0. The van der Waals surface area contributed by atoms with E-state index in [-0.39, 0.29) is 42.6 Å². The molecule has 3 N–H and O–H groups in total. The first-order chi connectivity index (χ1) is 20.2. The molecule has 17 heteroatoms. The summed E-state index contributed by atoms with van der Waals surface area (Å²) in [5.41, 5.74) is 0.430. The molecule has 12 nitrogen and oxygen atoms in total. The second-order valence-corrected chi connectivity index (χ2v) is 10.9. The van der Waals surface area contributed by atoms with Crippen molar-refractivity contribution < 1.29 is 45.7 Å². The molecule has 1 aliphatic heterocycles. The molecule has 3 heterocycles. The number of nitrogens with zero attached hydrogens (tertiary/aromatic N) is 4. The molecule has 0 unspecified atom stereocenters. The summed E-state index contributed by atoms with van der Waals surface area (Å²) in [7, 11) is 1.32. The van der Waals surface area contributed by atoms with E-state index in [9.17, 15) is 36.3 Å². The minimum absolute atomic E-state index is 0.0399. The summed E-state index contributed by atoms with van der Waals surface area (Å²) in [6.07, 6.45) is -4.40. The topological polar surface area (TPSA) is 152 Å². The maximum absolute atomic E-state index is 13.9. The number of rotatable bonds is 10. The van der Waals surface area contributed by atoms with Crippen LogP contribution >= 0.6 is 0 Å². The molecule has 0 spiro atoms. The summed E-state index contributed by atoms with van der Waals surface area (Å²) >= 11 is 0. The zero-order valence-electron chi connectivity index (χ0n) is 23.6. The largest absolute Gasteiger partial charge is 0.410 e. The molecule has 2 aromatic rings. The van der Waals surface area contributed by atoms with Gasteiger partial charge in [-0.1, -0.05) is 19.0 Å². The number of hydrogen-bond acceptors (Lipinski definition) is 8. The molecular weight excluding hydrogens is 585 g/mol. The number of amides is 4. The number of methoxy groups -OCH3 is 1. The lowest BCUT2D eigenvalue weighted by atomic mass is 9.81. The van der Waals surface area contributed by atoms with Crippen LogP contribution in [-0.4, -0.2) is 82.5 Å². The average molecular weight is 618 g/mol. The maximum Gasteiger partial charge on any atom is 0.410 e. The lowest BCUT2D eigenvalue weighted by molar-refractivity contribution is -0.150. The van der Waals surface area contributed by atoms with Crippen LogP contribution in [0.1, 0.15) is 73.2 Å². The zero-order chi connectivity index (χ0) is 31.5. The van der Waals surface area contributed by atoms with Gasteiger partial charge < -0.3 is 25.6 Å². The highest BCUT2D eigenvalue weighted by Crippen LogP contribution is 2.38. The van der Waals surface area contributed by atoms with E-state index < -0.39 is 73.4 Å². The number of ether oxygens (including phenoxy) is 1. The van der Waals surface area contributed by atoms with Gasteiger partial charge in [-0.3, -0.25) is 9.59 Å². The molecule has 1 saturated carbocycles. The summed E-state index contributed by atoms with van der Waals surface area (Å²) in [4.78, 5) is 44.1. The van der Waals surface area contributed by atoms with Gasteiger partial charge in [0.25, 0.3) is 5.91 Å². The van der Waals surface area contributed by atoms with Gasteiger partial charge in [-0.2, -0.15) is 13.2 Å². The SMILES string of the molecule is COC[C@H](c1ccnc(NC(=O)[C@@H](NC(=O)c2nonc2C(C)C)C2CCC(F)(F)CC2)c1)N1C[C@@H](C(F)(F)F)NC1=O. The van der Waals surface area contributed by atoms with Crippen molar-refractivity contribution in [3.63, 3.8) is 0 Å². The van der Waals surface area contributed by atoms with Crippen LogP contribution in [0, 0.1) is 5.92 Å². The Morgan fingerprint density at radius 2 is 1.93 bits per heavy atom. The van der Waals surface area contributed by atoms with Gasteiger partial charge in [-0.25, -0.2) is 23.2 Å². The van der Waals surface area contributed by atoms with Crippen LogP contribution in [0.5, 0.6) is 0 Å². The molecule has 4 rings (SSSR count). The Morgan fingerprint density at radius 1 is 1.23 bits per heavy atom. The molecule has 2 aromatic heterocycles. The third-order valence-corrected chi connectivity index (χ3v) is 7.53. The second-order valence-electron chi connectivity index (χ2n) is 10.9. The van der Waals surface area contributed by atoms with E-state index in [1.807, 2.05) is 5.32 Å². The van der Waals surface area contributed by atoms with Crippen molar-refractivity contribution >= 4 is 23.7 Å². The molecular formula is C26H32F5N7O5. The van der Waals surface area contributed by atoms with Crippen LogP contribution in [0.4, 0.5) is 32.6 Å². The van der Waals surface area contributed by atoms with Crippen molar-refractivity contribution in [2.75, 3.05) is 25.6 Å². The number of nitrogens with one attached hydrogen (secondary N) is 3. The van der Waals surface area contributed by atoms with Crippen LogP contribution in [0.15, 0.2) is 23.0 Å². The van der Waals surface area contributed by atoms with Gasteiger partial charge in [-0.15, -0.1) is 0 Å². The Morgan fingerprint density at radius 3 is 2.53 bits per heavy atom. The Hall–Kier alpha value is -3.89. The van der Waals surface area contributed by atoms with Gasteiger partial charge in [0.15, 0.2) is 5.69 Å². The monoisotopic (exact) mass is 617 g/mol. The van der Waals surface area contributed by atoms with E-state index in [1.165, 1.54) is 25.4 Å². The second kappa shape index (κ2) is 12.8. The van der Waals surface area contributed by atoms with E-state index in [1.54, 1.807) is 13.8 Å². The Balaban J connectivity index is 1.56. The van der Waals surface area contributed by atoms with Gasteiger partial charge in [0.05, 0.1) is 19.2 Å². The lowest BCUT2D eigenvalue weighted by Crippen LogP contribution is -2.50. The molecule has 3 atom stereocenters. The van der Waals surface area contributed by atoms with Crippen molar-refractivity contribution in [1.29, 1.82) is 0 Å². The number of aromatic nitrogens is 3. The summed E-state index contributed by atoms with van der Waals surface area (Å²) in [5.74, 6) is -5.34. The molecule has 236 valence electrons. The van der Waals surface area contributed by atoms with Gasteiger partial charge >= 0.3 is 12.2 Å². The van der Waals surface area contributed by atoms with Gasteiger partial charge in [0.2, 0.25) is 11.8 Å². The normalized spacial score (nSPS) is 20.5. The molecule has 2 aliphatic rings. The third-order valence-electron chi connectivity index (χ3n) is 7.53. The number of urea groups is 1. The highest BCUT2D eigenvalue weighted by molar-refractivity contribution is 6.00. The minimum atomic E-state index is -4.65. The average Bonchev–Trinajstić information content (AvgIpc) is 3.58. The summed E-state index contributed by atoms with van der Waals surface area (Å²) < 4.78 is 77.5. The van der Waals surface area contributed by atoms with E-state index in [4.69, 9.17) is 9.37 Å². The van der Waals surface area contributed by atoms with Crippen molar-refractivity contribution in [2.45, 2.75) is 75.7 Å². The highest BCUT2D eigenvalue weighted by atomic mass is 19.4. The predicted octanol–water partition coefficient (Wildman–Crippen LogP) is 3.79. The lowest BCUT2D eigenvalue weighted by Gasteiger charge is -2.33. The molecule has 0 radical (unpaired) electrons. The van der Waals surface area contributed by atoms with Gasteiger partial charge in [-0.05, 0) is 41.6 Å². The molecule has 0 bridgehead atoms. The summed E-state index contributed by atoms with van der Waals surface area (Å²) in [6, 6.07) is -2.41. The number of carbonyl (C=O) groups excluding carboxylic acids is 3. The standard InChI is InChI=1S/C26H32F5N7O5/c1-13(2)19-21(37-43-36-19)23(40)35-20(14-4-7-25(27,28)8-5-14)22(39)34-18-10-15(6-9-32-18)16(12-42-3)38-11-17(26(29,30)31)33-24(38)41/h6,9-10,13-14,16-17,20H,4-5,7-8,11-12H2,1-3H3,(H,33,41)(H,35,40)(H,32,34,39)/t16-,17+,20+/m1/s1. The smallest absolute Gasteiger partial charge is 0.382 e. The molecule has 1 aliphatic carbocycles. The number of carbonyl (C=O) groups is 3. The van der Waals surface area contributed by atoms with E-state index in [2.05, 4.69) is 25.9 Å². The fraction of sp³-hybridized carbons (Fsp3) is 0.615. The quantitative estimate of drug-likeness (QED) is 0.341. The fourth-order valence-electron chi connectivity index (χ4n) is 5.20. The van der Waals surface area contributed by atoms with Gasteiger partial charge in [0, 0.05) is 32.1 Å². The van der Waals surface area contributed by atoms with Crippen molar-refractivity contribution in [3.8, 4) is 0 Å². The Kier molecular flexibility index (Phi) is 9.51. The van der Waals surface area contributed by atoms with Gasteiger partial charge in [0.1, 0.15) is 23.6 Å². The third kappa shape index (κ3) is 7.55. The van der Waals surface area contributed by atoms with E-state index in [0.717, 1.165) is 4.90 Å². The number of halogens is 5. The van der Waals surface area contributed by atoms with Crippen molar-refractivity contribution in [2.24, 2.45) is 5.92 Å². The van der Waals surface area contributed by atoms with Crippen molar-refractivity contribution in [1.82, 2.24) is 30.8 Å². The number of pyridine rings is 1. The maximum atomic E-state index is 13.9. The molecule has 43 heavy (non-hydrogen) atoms. The fourth-order valence-corrected chi connectivity index (χ4v) is 5.20. The highest BCUT2D eigenvalue weighted by Gasteiger charge is 2.48. The first-order valence-corrected chi connectivity index (χ1v) is 13.6. The molecule has 0 aromatic carbocycles. The summed E-state index contributed by atoms with van der Waals surface area (Å²) in [6.45, 7) is 2.70. The van der Waals surface area contributed by atoms with Crippen LogP contribution in [-0.2, 0) is 9.53 Å².